The molecule has 1 atom stereocenters. The van der Waals surface area contributed by atoms with Gasteiger partial charge in [-0.25, -0.2) is 0 Å². The molecule has 0 aromatic rings. The van der Waals surface area contributed by atoms with Crippen molar-refractivity contribution < 1.29 is 21.7 Å². The van der Waals surface area contributed by atoms with Crippen LogP contribution in [0.4, 0.5) is 0 Å². The quantitative estimate of drug-likeness (QED) is 0.265. The average Bonchev–Trinajstić information content (AvgIpc) is 1.00. The predicted molar refractivity (Wildman–Crippen MR) is 28.6 cm³/mol. The fraction of sp³-hybridized carbons (Fsp3) is 0. The first-order valence-corrected chi connectivity index (χ1v) is 2.32. The molecular weight excluding hydrogens is 138 g/mol. The van der Waals surface area contributed by atoms with E-state index in [9.17, 15) is 0 Å². The molecule has 0 aromatic carbocycles. The summed E-state index contributed by atoms with van der Waals surface area (Å²) < 4.78 is 0. The van der Waals surface area contributed by atoms with Crippen molar-refractivity contribution in [1.82, 2.24) is 0 Å². The van der Waals surface area contributed by atoms with Crippen molar-refractivity contribution in [3.8, 4) is 0 Å². The molecule has 0 aliphatic carbocycles. The van der Waals surface area contributed by atoms with E-state index < -0.39 is 0 Å². The van der Waals surface area contributed by atoms with Crippen LogP contribution in [0.5, 0.6) is 0 Å². The third kappa shape index (κ3) is 8.98. The van der Waals surface area contributed by atoms with E-state index in [1.54, 1.807) is 0 Å². The molecule has 4 heavy (non-hydrogen) atoms. The second-order valence-corrected chi connectivity index (χ2v) is 0. The van der Waals surface area contributed by atoms with Crippen molar-refractivity contribution in [3.63, 3.8) is 0 Å². The number of thiol groups is 1. The van der Waals surface area contributed by atoms with Crippen molar-refractivity contribution >= 4 is 38.1 Å². The third-order valence-electron chi connectivity index (χ3n) is 0. The Bertz CT molecular complexity index is 8.00. The SMILES string of the molecule is PS.[AlH3].[Ti]. The van der Waals surface area contributed by atoms with Crippen LogP contribution in [0.1, 0.15) is 0 Å². The van der Waals surface area contributed by atoms with Crippen LogP contribution in [0.3, 0.4) is 0 Å². The third-order valence-corrected chi connectivity index (χ3v) is 0. The van der Waals surface area contributed by atoms with Gasteiger partial charge in [0.1, 0.15) is 0 Å². The van der Waals surface area contributed by atoms with Gasteiger partial charge in [0.15, 0.2) is 17.4 Å². The molecule has 0 aliphatic heterocycles. The summed E-state index contributed by atoms with van der Waals surface area (Å²) in [6.07, 6.45) is 0. The molecule has 0 radical (unpaired) electrons. The second kappa shape index (κ2) is 19.8. The van der Waals surface area contributed by atoms with Gasteiger partial charge < -0.3 is 0 Å². The van der Waals surface area contributed by atoms with Crippen LogP contribution in [0.15, 0.2) is 0 Å². The Morgan fingerprint density at radius 2 is 1.25 bits per heavy atom. The first kappa shape index (κ1) is 16.6. The summed E-state index contributed by atoms with van der Waals surface area (Å²) in [5, 5.41) is 0. The monoisotopic (exact) mass is 144 g/mol. The second-order valence-electron chi connectivity index (χ2n) is 0. The minimum atomic E-state index is 0. The van der Waals surface area contributed by atoms with Crippen molar-refractivity contribution in [2.24, 2.45) is 0 Å². The number of rotatable bonds is 0. The van der Waals surface area contributed by atoms with Gasteiger partial charge in [-0.1, -0.05) is 8.44 Å². The van der Waals surface area contributed by atoms with Gasteiger partial charge in [0.2, 0.25) is 0 Å². The van der Waals surface area contributed by atoms with Gasteiger partial charge in [0, 0.05) is 21.7 Å². The molecule has 0 aliphatic rings. The van der Waals surface area contributed by atoms with Crippen LogP contribution in [0, 0.1) is 0 Å². The maximum atomic E-state index is 3.44. The molecule has 24 valence electrons. The van der Waals surface area contributed by atoms with Crippen LogP contribution in [-0.4, -0.2) is 17.4 Å². The van der Waals surface area contributed by atoms with E-state index in [2.05, 4.69) is 20.7 Å². The van der Waals surface area contributed by atoms with Crippen molar-refractivity contribution in [3.05, 3.63) is 0 Å². The summed E-state index contributed by atoms with van der Waals surface area (Å²) >= 11 is 3.44. The van der Waals surface area contributed by atoms with E-state index in [4.69, 9.17) is 0 Å². The molecule has 0 saturated heterocycles. The van der Waals surface area contributed by atoms with Crippen molar-refractivity contribution in [1.29, 1.82) is 0 Å². The zero-order valence-electron chi connectivity index (χ0n) is 1.52. The van der Waals surface area contributed by atoms with E-state index in [-0.39, 0.29) is 39.1 Å². The van der Waals surface area contributed by atoms with E-state index in [1.807, 2.05) is 0 Å². The number of hydrogen-bond acceptors (Lipinski definition) is 1. The minimum Gasteiger partial charge on any atom is -0.158 e. The zero-order valence-corrected chi connectivity index (χ0v) is 5.14. The first-order valence-electron chi connectivity index (χ1n) is 0.258. The van der Waals surface area contributed by atoms with Gasteiger partial charge in [-0.05, 0) is 0 Å². The molecule has 0 rings (SSSR count). The minimum absolute atomic E-state index is 0. The molecule has 0 heterocycles. The summed E-state index contributed by atoms with van der Waals surface area (Å²) in [7, 11) is 2.11. The summed E-state index contributed by atoms with van der Waals surface area (Å²) in [6, 6.07) is 0. The molecule has 0 fully saturated rings. The maximum absolute atomic E-state index is 3.44. The fourth-order valence-electron chi connectivity index (χ4n) is 0. The van der Waals surface area contributed by atoms with E-state index in [1.165, 1.54) is 0 Å². The molecule has 0 nitrogen and oxygen atoms in total. The Morgan fingerprint density at radius 3 is 1.25 bits per heavy atom. The summed E-state index contributed by atoms with van der Waals surface area (Å²) in [5.74, 6) is 0. The normalized spacial score (nSPS) is 1.50. The average molecular weight is 144 g/mol. The van der Waals surface area contributed by atoms with Crippen LogP contribution in [-0.2, 0) is 21.7 Å². The first-order chi connectivity index (χ1) is 1.00. The predicted octanol–water partition coefficient (Wildman–Crippen LogP) is -0.480. The largest absolute Gasteiger partial charge is 0.187 e. The molecule has 4 heteroatoms. The Morgan fingerprint density at radius 1 is 1.25 bits per heavy atom. The van der Waals surface area contributed by atoms with E-state index in [0.29, 0.717) is 0 Å². The Balaban J connectivity index is -0.00000000500. The van der Waals surface area contributed by atoms with Gasteiger partial charge in [-0.3, -0.25) is 0 Å². The van der Waals surface area contributed by atoms with Crippen LogP contribution in [0.25, 0.3) is 0 Å². The molecule has 0 amide bonds. The summed E-state index contributed by atoms with van der Waals surface area (Å²) in [4.78, 5) is 0. The van der Waals surface area contributed by atoms with Gasteiger partial charge in [0.25, 0.3) is 0 Å². The zero-order chi connectivity index (χ0) is 2.00. The van der Waals surface area contributed by atoms with Gasteiger partial charge >= 0.3 is 0 Å². The molecule has 0 saturated carbocycles. The maximum Gasteiger partial charge on any atom is 0.187 e. The molecular formula is H6AlPSTi. The van der Waals surface area contributed by atoms with Gasteiger partial charge in [-0.2, -0.15) is 12.2 Å². The van der Waals surface area contributed by atoms with Gasteiger partial charge in [0.05, 0.1) is 0 Å². The molecule has 0 aromatic heterocycles. The Kier molecular flexibility index (Phi) is 82.5. The summed E-state index contributed by atoms with van der Waals surface area (Å²) in [5.41, 5.74) is 0. The van der Waals surface area contributed by atoms with Gasteiger partial charge in [-0.15, -0.1) is 0 Å². The van der Waals surface area contributed by atoms with E-state index in [0.717, 1.165) is 0 Å². The van der Waals surface area contributed by atoms with Crippen molar-refractivity contribution in [2.75, 3.05) is 0 Å². The standard InChI is InChI=1S/Al.H3PS.Ti.3H/c;1-2;;;;/h;2H,1H2;;;;. The van der Waals surface area contributed by atoms with Crippen LogP contribution < -0.4 is 0 Å². The van der Waals surface area contributed by atoms with Crippen LogP contribution >= 0.6 is 20.7 Å². The Labute approximate surface area is 59.5 Å². The smallest absolute Gasteiger partial charge is 0.158 e. The molecule has 0 N–H and O–H groups in total. The van der Waals surface area contributed by atoms with Crippen LogP contribution in [0.2, 0.25) is 0 Å². The van der Waals surface area contributed by atoms with E-state index >= 15 is 0 Å². The van der Waals surface area contributed by atoms with Crippen molar-refractivity contribution in [2.45, 2.75) is 0 Å². The topological polar surface area (TPSA) is 0 Å². The Hall–Kier alpha value is 2.03. The number of hydrogen-bond donors (Lipinski definition) is 1. The molecule has 0 spiro atoms. The summed E-state index contributed by atoms with van der Waals surface area (Å²) in [6.45, 7) is 0. The molecule has 0 bridgehead atoms. The fourth-order valence-corrected chi connectivity index (χ4v) is 0. The molecule has 1 unspecified atom stereocenters.